The summed E-state index contributed by atoms with van der Waals surface area (Å²) in [6.45, 7) is 9.51. The van der Waals surface area contributed by atoms with E-state index in [9.17, 15) is 0 Å². The highest BCUT2D eigenvalue weighted by Gasteiger charge is 2.38. The van der Waals surface area contributed by atoms with E-state index >= 15 is 0 Å². The topological polar surface area (TPSA) is 0 Å². The first-order valence-electron chi connectivity index (χ1n) is 4.81. The van der Waals surface area contributed by atoms with Crippen molar-refractivity contribution < 1.29 is 0 Å². The van der Waals surface area contributed by atoms with Crippen molar-refractivity contribution in [3.63, 3.8) is 0 Å². The average molecular weight is 204 g/mol. The van der Waals surface area contributed by atoms with Gasteiger partial charge in [-0.05, 0) is 24.0 Å². The van der Waals surface area contributed by atoms with Gasteiger partial charge in [-0.2, -0.15) is 11.8 Å². The number of hydrogen-bond donors (Lipinski definition) is 0. The van der Waals surface area contributed by atoms with Crippen molar-refractivity contribution in [2.75, 3.05) is 10.8 Å². The van der Waals surface area contributed by atoms with E-state index < -0.39 is 0 Å². The Kier molecular flexibility index (Phi) is 3.84. The Morgan fingerprint density at radius 3 is 1.92 bits per heavy atom. The highest BCUT2D eigenvalue weighted by Crippen LogP contribution is 2.48. The van der Waals surface area contributed by atoms with Crippen LogP contribution < -0.4 is 0 Å². The van der Waals surface area contributed by atoms with Gasteiger partial charge in [0.2, 0.25) is 0 Å². The molecule has 0 nitrogen and oxygen atoms in total. The van der Waals surface area contributed by atoms with E-state index in [0.717, 1.165) is 11.8 Å². The van der Waals surface area contributed by atoms with Crippen molar-refractivity contribution in [1.82, 2.24) is 0 Å². The summed E-state index contributed by atoms with van der Waals surface area (Å²) < 4.78 is 0.575. The van der Waals surface area contributed by atoms with Crippen molar-refractivity contribution in [3.8, 4) is 0 Å². The normalized spacial score (nSPS) is 23.5. The minimum Gasteiger partial charge on any atom is -0.151 e. The fourth-order valence-corrected chi connectivity index (χ4v) is 5.30. The van der Waals surface area contributed by atoms with Crippen molar-refractivity contribution in [1.29, 1.82) is 0 Å². The molecule has 0 saturated carbocycles. The molecule has 1 fully saturated rings. The van der Waals surface area contributed by atoms with Crippen molar-refractivity contribution in [2.24, 2.45) is 11.8 Å². The molecular formula is C10H20S2. The third-order valence-electron chi connectivity index (χ3n) is 3.00. The lowest BCUT2D eigenvalue weighted by atomic mass is 9.82. The lowest BCUT2D eigenvalue weighted by Crippen LogP contribution is -2.39. The van der Waals surface area contributed by atoms with Gasteiger partial charge in [-0.1, -0.05) is 27.7 Å². The summed E-state index contributed by atoms with van der Waals surface area (Å²) in [6, 6.07) is 0. The van der Waals surface area contributed by atoms with E-state index in [1.54, 1.807) is 0 Å². The Morgan fingerprint density at radius 2 is 1.67 bits per heavy atom. The van der Waals surface area contributed by atoms with Gasteiger partial charge < -0.3 is 0 Å². The number of hydrogen-bond acceptors (Lipinski definition) is 2. The van der Waals surface area contributed by atoms with Crippen LogP contribution in [-0.2, 0) is 0 Å². The molecule has 0 aromatic rings. The standard InChI is InChI=1S/C10H20S2/c1-8(2)10(9(3)4)5-6-11-7-12-10/h8-9H,5-7H2,1-4H3. The summed E-state index contributed by atoms with van der Waals surface area (Å²) in [5, 5.41) is 1.30. The monoisotopic (exact) mass is 204 g/mol. The molecule has 0 amide bonds. The molecule has 0 bridgehead atoms. The maximum atomic E-state index is 2.38. The molecule has 0 atom stereocenters. The smallest absolute Gasteiger partial charge is 0.0397 e. The van der Waals surface area contributed by atoms with Gasteiger partial charge in [-0.15, -0.1) is 11.8 Å². The molecule has 2 heteroatoms. The Morgan fingerprint density at radius 1 is 1.08 bits per heavy atom. The molecule has 0 spiro atoms. The summed E-state index contributed by atoms with van der Waals surface area (Å²) >= 11 is 4.28. The number of thioether (sulfide) groups is 2. The van der Waals surface area contributed by atoms with Gasteiger partial charge >= 0.3 is 0 Å². The zero-order chi connectivity index (χ0) is 9.19. The highest BCUT2D eigenvalue weighted by atomic mass is 32.2. The van der Waals surface area contributed by atoms with Crippen LogP contribution in [0, 0.1) is 11.8 Å². The molecular weight excluding hydrogens is 184 g/mol. The minimum absolute atomic E-state index is 0.575. The molecule has 1 aliphatic rings. The summed E-state index contributed by atoms with van der Waals surface area (Å²) in [5.41, 5.74) is 0. The Hall–Kier alpha value is 0.700. The zero-order valence-corrected chi connectivity index (χ0v) is 10.2. The van der Waals surface area contributed by atoms with Gasteiger partial charge in [0.05, 0.1) is 0 Å². The van der Waals surface area contributed by atoms with Crippen LogP contribution in [0.1, 0.15) is 34.1 Å². The Labute approximate surface area is 85.3 Å². The second-order valence-corrected chi connectivity index (χ2v) is 6.99. The second kappa shape index (κ2) is 4.28. The van der Waals surface area contributed by atoms with E-state index in [2.05, 4.69) is 51.2 Å². The molecule has 0 N–H and O–H groups in total. The zero-order valence-electron chi connectivity index (χ0n) is 8.59. The Balaban J connectivity index is 2.70. The molecule has 0 aliphatic carbocycles. The van der Waals surface area contributed by atoms with E-state index in [-0.39, 0.29) is 0 Å². The van der Waals surface area contributed by atoms with Gasteiger partial charge in [0.1, 0.15) is 0 Å². The summed E-state index contributed by atoms with van der Waals surface area (Å²) in [6.07, 6.45) is 1.40. The SMILES string of the molecule is CC(C)C1(C(C)C)CCSCS1. The molecule has 72 valence electrons. The van der Waals surface area contributed by atoms with Gasteiger partial charge in [-0.25, -0.2) is 0 Å². The summed E-state index contributed by atoms with van der Waals surface area (Å²) in [4.78, 5) is 0. The first-order chi connectivity index (χ1) is 5.59. The lowest BCUT2D eigenvalue weighted by Gasteiger charge is -2.43. The molecule has 0 aromatic carbocycles. The van der Waals surface area contributed by atoms with E-state index in [1.165, 1.54) is 17.3 Å². The predicted molar refractivity (Wildman–Crippen MR) is 61.9 cm³/mol. The van der Waals surface area contributed by atoms with Crippen LogP contribution in [0.25, 0.3) is 0 Å². The fourth-order valence-electron chi connectivity index (χ4n) is 2.09. The van der Waals surface area contributed by atoms with Crippen molar-refractivity contribution >= 4 is 23.5 Å². The summed E-state index contributed by atoms with van der Waals surface area (Å²) in [5.74, 6) is 3.01. The van der Waals surface area contributed by atoms with Gasteiger partial charge in [0.15, 0.2) is 0 Å². The van der Waals surface area contributed by atoms with Crippen molar-refractivity contribution in [3.05, 3.63) is 0 Å². The largest absolute Gasteiger partial charge is 0.151 e. The first kappa shape index (κ1) is 10.8. The van der Waals surface area contributed by atoms with Crippen LogP contribution in [0.2, 0.25) is 0 Å². The lowest BCUT2D eigenvalue weighted by molar-refractivity contribution is 0.326. The molecule has 1 rings (SSSR count). The molecule has 1 saturated heterocycles. The van der Waals surface area contributed by atoms with Crippen LogP contribution in [0.15, 0.2) is 0 Å². The first-order valence-corrected chi connectivity index (χ1v) is 6.95. The highest BCUT2D eigenvalue weighted by molar-refractivity contribution is 8.17. The molecule has 0 radical (unpaired) electrons. The maximum Gasteiger partial charge on any atom is 0.0397 e. The maximum absolute atomic E-state index is 2.38. The number of rotatable bonds is 2. The molecule has 0 unspecified atom stereocenters. The van der Waals surface area contributed by atoms with E-state index in [4.69, 9.17) is 0 Å². The van der Waals surface area contributed by atoms with Gasteiger partial charge in [0.25, 0.3) is 0 Å². The van der Waals surface area contributed by atoms with Gasteiger partial charge in [0, 0.05) is 9.83 Å². The summed E-state index contributed by atoms with van der Waals surface area (Å²) in [7, 11) is 0. The van der Waals surface area contributed by atoms with Crippen LogP contribution >= 0.6 is 23.5 Å². The van der Waals surface area contributed by atoms with Crippen LogP contribution in [-0.4, -0.2) is 15.6 Å². The molecule has 1 heterocycles. The van der Waals surface area contributed by atoms with E-state index in [1.807, 2.05) is 0 Å². The van der Waals surface area contributed by atoms with Crippen LogP contribution in [0.5, 0.6) is 0 Å². The molecule has 1 aliphatic heterocycles. The quantitative estimate of drug-likeness (QED) is 0.670. The van der Waals surface area contributed by atoms with Crippen LogP contribution in [0.4, 0.5) is 0 Å². The predicted octanol–water partition coefficient (Wildman–Crippen LogP) is 3.86. The fraction of sp³-hybridized carbons (Fsp3) is 1.00. The third kappa shape index (κ3) is 1.95. The molecule has 12 heavy (non-hydrogen) atoms. The van der Waals surface area contributed by atoms with Crippen molar-refractivity contribution in [2.45, 2.75) is 38.9 Å². The minimum atomic E-state index is 0.575. The van der Waals surface area contributed by atoms with Gasteiger partial charge in [-0.3, -0.25) is 0 Å². The third-order valence-corrected chi connectivity index (χ3v) is 6.32. The van der Waals surface area contributed by atoms with E-state index in [0.29, 0.717) is 4.75 Å². The molecule has 0 aromatic heterocycles. The second-order valence-electron chi connectivity index (χ2n) is 4.18. The van der Waals surface area contributed by atoms with Crippen LogP contribution in [0.3, 0.4) is 0 Å². The Bertz CT molecular complexity index is 125. The average Bonchev–Trinajstić information content (AvgIpc) is 2.05.